The van der Waals surface area contributed by atoms with Crippen LogP contribution in [0.2, 0.25) is 0 Å². The molecule has 1 atom stereocenters. The van der Waals surface area contributed by atoms with Gasteiger partial charge in [-0.1, -0.05) is 0 Å². The van der Waals surface area contributed by atoms with Crippen LogP contribution in [-0.2, 0) is 19.2 Å². The number of hydrogen-bond donors (Lipinski definition) is 0. The van der Waals surface area contributed by atoms with E-state index in [-0.39, 0.29) is 19.2 Å². The van der Waals surface area contributed by atoms with Crippen molar-refractivity contribution in [2.45, 2.75) is 20.3 Å². The quantitative estimate of drug-likeness (QED) is 0.677. The van der Waals surface area contributed by atoms with Crippen molar-refractivity contribution in [2.24, 2.45) is 0 Å². The second-order valence-corrected chi connectivity index (χ2v) is 7.45. The summed E-state index contributed by atoms with van der Waals surface area (Å²) in [4.78, 5) is 0. The van der Waals surface area contributed by atoms with Crippen molar-refractivity contribution in [2.75, 3.05) is 0 Å². The molecule has 0 aliphatic heterocycles. The summed E-state index contributed by atoms with van der Waals surface area (Å²) in [5.74, 6) is 2.40. The van der Waals surface area contributed by atoms with Crippen molar-refractivity contribution in [3.8, 4) is 0 Å². The van der Waals surface area contributed by atoms with Gasteiger partial charge in [0.15, 0.2) is 0 Å². The predicted octanol–water partition coefficient (Wildman–Crippen LogP) is 2.89. The van der Waals surface area contributed by atoms with Gasteiger partial charge in [0.05, 0.1) is 0 Å². The molecule has 1 aliphatic rings. The molecule has 2 heteroatoms. The monoisotopic (exact) mass is 224 g/mol. The van der Waals surface area contributed by atoms with Crippen LogP contribution in [0.15, 0.2) is 27.9 Å². The SMILES string of the molecule is Cc1c[pH][c]([Ti][C]2=CC=CC2)c1C. The molecule has 0 aromatic carbocycles. The molecule has 0 nitrogen and oxygen atoms in total. The molecule has 0 saturated heterocycles. The first kappa shape index (κ1) is 9.53. The van der Waals surface area contributed by atoms with Crippen molar-refractivity contribution in [1.82, 2.24) is 0 Å². The van der Waals surface area contributed by atoms with E-state index in [4.69, 9.17) is 0 Å². The Morgan fingerprint density at radius 1 is 1.38 bits per heavy atom. The fourth-order valence-corrected chi connectivity index (χ4v) is 5.55. The Balaban J connectivity index is 2.14. The van der Waals surface area contributed by atoms with Gasteiger partial charge < -0.3 is 0 Å². The number of allylic oxidation sites excluding steroid dienone is 4. The van der Waals surface area contributed by atoms with E-state index in [2.05, 4.69) is 37.9 Å². The van der Waals surface area contributed by atoms with Gasteiger partial charge in [0.2, 0.25) is 0 Å². The molecule has 1 aliphatic carbocycles. The Kier molecular flexibility index (Phi) is 2.94. The molecule has 13 heavy (non-hydrogen) atoms. The van der Waals surface area contributed by atoms with Crippen molar-refractivity contribution in [3.05, 3.63) is 39.0 Å². The van der Waals surface area contributed by atoms with Crippen molar-refractivity contribution < 1.29 is 19.2 Å². The Labute approximate surface area is 90.1 Å². The van der Waals surface area contributed by atoms with Crippen molar-refractivity contribution >= 4 is 11.8 Å². The number of aryl methyl sites for hydroxylation is 1. The first-order valence-electron chi connectivity index (χ1n) is 4.54. The Morgan fingerprint density at radius 2 is 2.23 bits per heavy atom. The van der Waals surface area contributed by atoms with Crippen LogP contribution in [0.5, 0.6) is 0 Å². The minimum atomic E-state index is 0.0510. The fourth-order valence-electron chi connectivity index (χ4n) is 1.42. The molecule has 1 heterocycles. The first-order valence-corrected chi connectivity index (χ1v) is 7.18. The summed E-state index contributed by atoms with van der Waals surface area (Å²) >= 11 is 0.0510. The summed E-state index contributed by atoms with van der Waals surface area (Å²) in [5, 5.41) is 0. The standard InChI is InChI=1S/C6H8P.C5H5.Ti/c1-5-3-7-4-6(5)2;1-2-4-5-3-1;/h3,7H,1-2H3;1-3H,4H2;. The van der Waals surface area contributed by atoms with Crippen LogP contribution in [0.3, 0.4) is 0 Å². The zero-order valence-corrected chi connectivity index (χ0v) is 10.6. The van der Waals surface area contributed by atoms with Gasteiger partial charge in [-0.05, 0) is 0 Å². The molecule has 0 saturated carbocycles. The molecule has 1 unspecified atom stereocenters. The van der Waals surface area contributed by atoms with Gasteiger partial charge in [-0.15, -0.1) is 0 Å². The van der Waals surface area contributed by atoms with E-state index in [9.17, 15) is 0 Å². The van der Waals surface area contributed by atoms with Crippen LogP contribution < -0.4 is 3.60 Å². The average molecular weight is 224 g/mol. The molecule has 0 spiro atoms. The molecule has 1 aromatic heterocycles. The number of rotatable bonds is 2. The summed E-state index contributed by atoms with van der Waals surface area (Å²) in [6, 6.07) is 0. The summed E-state index contributed by atoms with van der Waals surface area (Å²) in [6.07, 6.45) is 8.01. The van der Waals surface area contributed by atoms with Crippen LogP contribution in [0.1, 0.15) is 17.5 Å². The Bertz CT molecular complexity index is 371. The zero-order valence-electron chi connectivity index (χ0n) is 8.02. The van der Waals surface area contributed by atoms with Gasteiger partial charge >= 0.3 is 90.2 Å². The first-order chi connectivity index (χ1) is 6.27. The van der Waals surface area contributed by atoms with Gasteiger partial charge in [-0.3, -0.25) is 0 Å². The third-order valence-corrected chi connectivity index (χ3v) is 6.95. The normalized spacial score (nSPS) is 15.4. The van der Waals surface area contributed by atoms with E-state index >= 15 is 0 Å². The summed E-state index contributed by atoms with van der Waals surface area (Å²) in [6.45, 7) is 4.52. The molecular formula is C11H13PTi. The van der Waals surface area contributed by atoms with Crippen molar-refractivity contribution in [1.29, 1.82) is 0 Å². The van der Waals surface area contributed by atoms with E-state index in [1.165, 1.54) is 12.0 Å². The van der Waals surface area contributed by atoms with Crippen LogP contribution in [-0.4, -0.2) is 0 Å². The Hall–Kier alpha value is -0.0257. The minimum absolute atomic E-state index is 0.0510. The van der Waals surface area contributed by atoms with E-state index in [1.54, 1.807) is 13.0 Å². The molecule has 0 radical (unpaired) electrons. The molecule has 0 N–H and O–H groups in total. The van der Waals surface area contributed by atoms with E-state index < -0.39 is 0 Å². The maximum atomic E-state index is 2.40. The molecule has 0 bridgehead atoms. The summed E-state index contributed by atoms with van der Waals surface area (Å²) in [5.41, 5.74) is 3.11. The Morgan fingerprint density at radius 3 is 2.77 bits per heavy atom. The van der Waals surface area contributed by atoms with Crippen molar-refractivity contribution in [3.63, 3.8) is 0 Å². The summed E-state index contributed by atoms with van der Waals surface area (Å²) < 4.78 is 3.47. The van der Waals surface area contributed by atoms with Crippen LogP contribution >= 0.6 is 8.19 Å². The summed E-state index contributed by atoms with van der Waals surface area (Å²) in [7, 11) is 0.992. The van der Waals surface area contributed by atoms with Gasteiger partial charge in [0.25, 0.3) is 0 Å². The van der Waals surface area contributed by atoms with Gasteiger partial charge in [0, 0.05) is 0 Å². The van der Waals surface area contributed by atoms with E-state index in [0.717, 1.165) is 8.19 Å². The second kappa shape index (κ2) is 4.01. The molecule has 66 valence electrons. The molecule has 0 amide bonds. The van der Waals surface area contributed by atoms with E-state index in [1.807, 2.05) is 0 Å². The van der Waals surface area contributed by atoms with Gasteiger partial charge in [-0.25, -0.2) is 0 Å². The second-order valence-electron chi connectivity index (χ2n) is 3.42. The van der Waals surface area contributed by atoms with Gasteiger partial charge in [-0.2, -0.15) is 0 Å². The maximum absolute atomic E-state index is 2.40. The van der Waals surface area contributed by atoms with Crippen LogP contribution in [0, 0.1) is 13.8 Å². The molecule has 0 fully saturated rings. The number of hydrogen-bond acceptors (Lipinski definition) is 0. The van der Waals surface area contributed by atoms with Crippen LogP contribution in [0.4, 0.5) is 0 Å². The fraction of sp³-hybridized carbons (Fsp3) is 0.273. The third-order valence-electron chi connectivity index (χ3n) is 2.46. The molecular weight excluding hydrogens is 211 g/mol. The topological polar surface area (TPSA) is 0 Å². The molecule has 1 aromatic rings. The van der Waals surface area contributed by atoms with Crippen LogP contribution in [0.25, 0.3) is 0 Å². The zero-order chi connectivity index (χ0) is 9.26. The van der Waals surface area contributed by atoms with Gasteiger partial charge in [0.1, 0.15) is 0 Å². The predicted molar refractivity (Wildman–Crippen MR) is 56.9 cm³/mol. The molecule has 2 rings (SSSR count). The van der Waals surface area contributed by atoms with E-state index in [0.29, 0.717) is 0 Å². The third kappa shape index (κ3) is 2.07. The average Bonchev–Trinajstić information content (AvgIpc) is 2.71.